The third-order valence-corrected chi connectivity index (χ3v) is 3.67. The molecule has 0 radical (unpaired) electrons. The van der Waals surface area contributed by atoms with Gasteiger partial charge in [0.2, 0.25) is 0 Å². The number of hydrogen-bond acceptors (Lipinski definition) is 3. The van der Waals surface area contributed by atoms with Crippen LogP contribution in [0.25, 0.3) is 11.6 Å². The zero-order chi connectivity index (χ0) is 16.4. The molecule has 0 aliphatic carbocycles. The van der Waals surface area contributed by atoms with E-state index in [-0.39, 0.29) is 11.6 Å². The number of benzene rings is 2. The lowest BCUT2D eigenvalue weighted by atomic mass is 10.1. The second-order valence-corrected chi connectivity index (χ2v) is 5.34. The summed E-state index contributed by atoms with van der Waals surface area (Å²) >= 11 is 5.90. The highest BCUT2D eigenvalue weighted by molar-refractivity contribution is 6.34. The summed E-state index contributed by atoms with van der Waals surface area (Å²) in [5.74, 6) is -0.227. The van der Waals surface area contributed by atoms with Crippen molar-refractivity contribution in [2.45, 2.75) is 0 Å². The Balaban J connectivity index is 1.93. The molecule has 1 heterocycles. The van der Waals surface area contributed by atoms with E-state index >= 15 is 0 Å². The van der Waals surface area contributed by atoms with Gasteiger partial charge in [-0.2, -0.15) is 0 Å². The van der Waals surface area contributed by atoms with Crippen molar-refractivity contribution < 1.29 is 9.72 Å². The largest absolute Gasteiger partial charge is 0.321 e. The minimum absolute atomic E-state index is 0.0187. The SMILES string of the molecule is O=C1Nc2cc(Cl)ccc2C1=CC=Cc1ccccc1[N+](=O)[O-]. The molecule has 0 bridgehead atoms. The van der Waals surface area contributed by atoms with E-state index in [1.54, 1.807) is 54.6 Å². The van der Waals surface area contributed by atoms with Gasteiger partial charge in [-0.3, -0.25) is 14.9 Å². The van der Waals surface area contributed by atoms with E-state index < -0.39 is 4.92 Å². The Bertz CT molecular complexity index is 872. The second kappa shape index (κ2) is 6.06. The first-order valence-electron chi connectivity index (χ1n) is 6.79. The number of carbonyl (C=O) groups is 1. The molecule has 0 fully saturated rings. The summed E-state index contributed by atoms with van der Waals surface area (Å²) in [7, 11) is 0. The predicted molar refractivity (Wildman–Crippen MR) is 90.2 cm³/mol. The quantitative estimate of drug-likeness (QED) is 0.519. The van der Waals surface area contributed by atoms with Crippen LogP contribution in [0.4, 0.5) is 11.4 Å². The van der Waals surface area contributed by atoms with E-state index in [9.17, 15) is 14.9 Å². The van der Waals surface area contributed by atoms with E-state index in [0.717, 1.165) is 5.56 Å². The Morgan fingerprint density at radius 2 is 1.96 bits per heavy atom. The number of hydrogen-bond donors (Lipinski definition) is 1. The predicted octanol–water partition coefficient (Wildman–Crippen LogP) is 4.30. The molecule has 0 unspecified atom stereocenters. The topological polar surface area (TPSA) is 72.2 Å². The Labute approximate surface area is 137 Å². The first-order chi connectivity index (χ1) is 11.1. The van der Waals surface area contributed by atoms with Crippen molar-refractivity contribution in [3.8, 4) is 0 Å². The van der Waals surface area contributed by atoms with Crippen LogP contribution >= 0.6 is 11.6 Å². The molecule has 0 aromatic heterocycles. The zero-order valence-corrected chi connectivity index (χ0v) is 12.6. The molecular formula is C17H11ClN2O3. The second-order valence-electron chi connectivity index (χ2n) is 4.90. The van der Waals surface area contributed by atoms with Crippen LogP contribution in [-0.4, -0.2) is 10.8 Å². The van der Waals surface area contributed by atoms with Gasteiger partial charge in [0.15, 0.2) is 0 Å². The molecule has 6 heteroatoms. The Morgan fingerprint density at radius 1 is 1.17 bits per heavy atom. The molecule has 114 valence electrons. The smallest absolute Gasteiger partial charge is 0.276 e. The van der Waals surface area contributed by atoms with Crippen LogP contribution in [0, 0.1) is 10.1 Å². The van der Waals surface area contributed by atoms with Gasteiger partial charge in [0.25, 0.3) is 11.6 Å². The third kappa shape index (κ3) is 3.00. The number of carbonyl (C=O) groups excluding carboxylic acids is 1. The molecule has 0 saturated heterocycles. The zero-order valence-electron chi connectivity index (χ0n) is 11.8. The summed E-state index contributed by atoms with van der Waals surface area (Å²) in [6, 6.07) is 11.6. The number of para-hydroxylation sites is 1. The molecule has 3 rings (SSSR count). The lowest BCUT2D eigenvalue weighted by Crippen LogP contribution is -2.03. The number of nitrogens with one attached hydrogen (secondary N) is 1. The van der Waals surface area contributed by atoms with Crippen molar-refractivity contribution in [2.75, 3.05) is 5.32 Å². The van der Waals surface area contributed by atoms with Crippen LogP contribution in [0.15, 0.2) is 54.6 Å². The van der Waals surface area contributed by atoms with Crippen LogP contribution in [0.3, 0.4) is 0 Å². The van der Waals surface area contributed by atoms with Crippen molar-refractivity contribution in [3.63, 3.8) is 0 Å². The summed E-state index contributed by atoms with van der Waals surface area (Å²) in [6.45, 7) is 0. The van der Waals surface area contributed by atoms with Gasteiger partial charge < -0.3 is 5.32 Å². The number of anilines is 1. The number of nitrogens with zero attached hydrogens (tertiary/aromatic N) is 1. The average molecular weight is 327 g/mol. The average Bonchev–Trinajstić information content (AvgIpc) is 2.82. The molecule has 1 N–H and O–H groups in total. The van der Waals surface area contributed by atoms with E-state index in [1.807, 2.05) is 0 Å². The minimum atomic E-state index is -0.438. The van der Waals surface area contributed by atoms with Crippen molar-refractivity contribution in [3.05, 3.63) is 80.9 Å². The van der Waals surface area contributed by atoms with Crippen LogP contribution in [0.2, 0.25) is 5.02 Å². The van der Waals surface area contributed by atoms with Gasteiger partial charge in [-0.1, -0.05) is 35.9 Å². The molecule has 0 atom stereocenters. The van der Waals surface area contributed by atoms with E-state index in [1.165, 1.54) is 6.07 Å². The number of rotatable bonds is 3. The molecule has 1 aliphatic rings. The maximum Gasteiger partial charge on any atom is 0.276 e. The number of nitro benzene ring substituents is 1. The fourth-order valence-electron chi connectivity index (χ4n) is 2.37. The highest BCUT2D eigenvalue weighted by Crippen LogP contribution is 2.33. The minimum Gasteiger partial charge on any atom is -0.321 e. The normalized spacial score (nSPS) is 15.0. The number of amides is 1. The fraction of sp³-hybridized carbons (Fsp3) is 0. The van der Waals surface area contributed by atoms with Crippen LogP contribution in [-0.2, 0) is 4.79 Å². The van der Waals surface area contributed by atoms with Crippen LogP contribution < -0.4 is 5.32 Å². The van der Waals surface area contributed by atoms with E-state index in [4.69, 9.17) is 11.6 Å². The van der Waals surface area contributed by atoms with Gasteiger partial charge in [0.1, 0.15) is 0 Å². The number of allylic oxidation sites excluding steroid dienone is 2. The molecular weight excluding hydrogens is 316 g/mol. The summed E-state index contributed by atoms with van der Waals surface area (Å²) in [5.41, 5.74) is 2.40. The molecule has 23 heavy (non-hydrogen) atoms. The maximum atomic E-state index is 12.0. The maximum absolute atomic E-state index is 12.0. The Hall–Kier alpha value is -2.92. The van der Waals surface area contributed by atoms with Gasteiger partial charge in [0.05, 0.1) is 16.2 Å². The lowest BCUT2D eigenvalue weighted by molar-refractivity contribution is -0.385. The summed E-state index contributed by atoms with van der Waals surface area (Å²) in [4.78, 5) is 22.5. The number of halogens is 1. The molecule has 2 aromatic carbocycles. The summed E-state index contributed by atoms with van der Waals surface area (Å²) in [6.07, 6.45) is 4.86. The van der Waals surface area contributed by atoms with Gasteiger partial charge in [-0.15, -0.1) is 0 Å². The van der Waals surface area contributed by atoms with Gasteiger partial charge in [-0.05, 0) is 30.4 Å². The molecule has 1 aliphatic heterocycles. The molecule has 0 spiro atoms. The summed E-state index contributed by atoms with van der Waals surface area (Å²) < 4.78 is 0. The highest BCUT2D eigenvalue weighted by atomic mass is 35.5. The van der Waals surface area contributed by atoms with Crippen LogP contribution in [0.1, 0.15) is 11.1 Å². The molecule has 0 saturated carbocycles. The monoisotopic (exact) mass is 326 g/mol. The Morgan fingerprint density at radius 3 is 2.74 bits per heavy atom. The van der Waals surface area contributed by atoms with Crippen molar-refractivity contribution >= 4 is 40.5 Å². The number of fused-ring (bicyclic) bond motifs is 1. The number of nitro groups is 1. The van der Waals surface area contributed by atoms with Gasteiger partial charge in [0, 0.05) is 22.2 Å². The van der Waals surface area contributed by atoms with Gasteiger partial charge >= 0.3 is 0 Å². The summed E-state index contributed by atoms with van der Waals surface area (Å²) in [5, 5.41) is 14.2. The lowest BCUT2D eigenvalue weighted by Gasteiger charge is -1.98. The van der Waals surface area contributed by atoms with Crippen molar-refractivity contribution in [1.29, 1.82) is 0 Å². The third-order valence-electron chi connectivity index (χ3n) is 3.44. The van der Waals surface area contributed by atoms with Crippen molar-refractivity contribution in [2.24, 2.45) is 0 Å². The standard InChI is InChI=1S/C17H11ClN2O3/c18-12-8-9-13-14(17(21)19-15(13)10-12)6-3-5-11-4-1-2-7-16(11)20(22)23/h1-10H,(H,19,21). The van der Waals surface area contributed by atoms with E-state index in [0.29, 0.717) is 21.8 Å². The molecule has 1 amide bonds. The van der Waals surface area contributed by atoms with Gasteiger partial charge in [-0.25, -0.2) is 0 Å². The first kappa shape index (κ1) is 15.0. The molecule has 2 aromatic rings. The van der Waals surface area contributed by atoms with Crippen molar-refractivity contribution in [1.82, 2.24) is 0 Å². The van der Waals surface area contributed by atoms with Crippen LogP contribution in [0.5, 0.6) is 0 Å². The first-order valence-corrected chi connectivity index (χ1v) is 7.17. The van der Waals surface area contributed by atoms with E-state index in [2.05, 4.69) is 5.32 Å². The highest BCUT2D eigenvalue weighted by Gasteiger charge is 2.23. The molecule has 5 nitrogen and oxygen atoms in total. The Kier molecular flexibility index (Phi) is 3.95. The fourth-order valence-corrected chi connectivity index (χ4v) is 2.55.